The Kier molecular flexibility index (Phi) is 5.67. The summed E-state index contributed by atoms with van der Waals surface area (Å²) < 4.78 is 0. The van der Waals surface area contributed by atoms with Crippen molar-refractivity contribution >= 4 is 34.6 Å². The molecule has 0 saturated carbocycles. The van der Waals surface area contributed by atoms with Gasteiger partial charge in [0.25, 0.3) is 5.91 Å². The van der Waals surface area contributed by atoms with Gasteiger partial charge in [-0.25, -0.2) is 0 Å². The molecule has 0 bridgehead atoms. The quantitative estimate of drug-likeness (QED) is 0.324. The van der Waals surface area contributed by atoms with E-state index in [9.17, 15) is 9.59 Å². The molecule has 2 aromatic carbocycles. The number of benzene rings is 2. The predicted octanol–water partition coefficient (Wildman–Crippen LogP) is 0.834. The van der Waals surface area contributed by atoms with Crippen LogP contribution < -0.4 is 33.2 Å². The first kappa shape index (κ1) is 17.9. The molecule has 0 aliphatic heterocycles. The molecule has 0 aliphatic rings. The number of nitrogens with two attached hydrogens (primary N) is 3. The van der Waals surface area contributed by atoms with E-state index < -0.39 is 5.91 Å². The number of primary amides is 1. The average molecular weight is 342 g/mol. The maximum atomic E-state index is 11.6. The first-order valence-corrected chi connectivity index (χ1v) is 7.71. The molecule has 25 heavy (non-hydrogen) atoms. The standard InChI is InChI=1S/C17H22N6O2/c1-21-17(25)11-3-5-15(13(19)9-11)23-7-6-22-14-4-2-10(16(20)24)8-12(14)18/h2-5,8-9,22-23H,6-7,18-19H2,1H3,(H2,20,24)(H,21,25). The molecule has 0 spiro atoms. The summed E-state index contributed by atoms with van der Waals surface area (Å²) in [5.41, 5.74) is 20.3. The number of carbonyl (C=O) groups excluding carboxylic acids is 2. The third kappa shape index (κ3) is 4.54. The number of anilines is 4. The van der Waals surface area contributed by atoms with Crippen molar-refractivity contribution in [3.8, 4) is 0 Å². The number of hydrogen-bond donors (Lipinski definition) is 6. The maximum absolute atomic E-state index is 11.6. The zero-order valence-corrected chi connectivity index (χ0v) is 13.9. The van der Waals surface area contributed by atoms with Gasteiger partial charge in [-0.1, -0.05) is 0 Å². The smallest absolute Gasteiger partial charge is 0.251 e. The van der Waals surface area contributed by atoms with Crippen LogP contribution in [0.4, 0.5) is 22.7 Å². The second-order valence-corrected chi connectivity index (χ2v) is 5.40. The number of rotatable bonds is 7. The van der Waals surface area contributed by atoms with Crippen molar-refractivity contribution < 1.29 is 9.59 Å². The van der Waals surface area contributed by atoms with Gasteiger partial charge in [-0.05, 0) is 36.4 Å². The van der Waals surface area contributed by atoms with Crippen molar-refractivity contribution in [2.75, 3.05) is 42.2 Å². The van der Waals surface area contributed by atoms with E-state index in [2.05, 4.69) is 16.0 Å². The summed E-state index contributed by atoms with van der Waals surface area (Å²) >= 11 is 0. The van der Waals surface area contributed by atoms with Crippen molar-refractivity contribution in [1.82, 2.24) is 5.32 Å². The average Bonchev–Trinajstić information content (AvgIpc) is 2.59. The molecule has 8 heteroatoms. The molecule has 0 radical (unpaired) electrons. The fourth-order valence-corrected chi connectivity index (χ4v) is 2.28. The van der Waals surface area contributed by atoms with Crippen molar-refractivity contribution in [1.29, 1.82) is 0 Å². The summed E-state index contributed by atoms with van der Waals surface area (Å²) in [5.74, 6) is -0.703. The zero-order chi connectivity index (χ0) is 18.4. The highest BCUT2D eigenvalue weighted by atomic mass is 16.1. The lowest BCUT2D eigenvalue weighted by atomic mass is 10.1. The molecule has 0 fully saturated rings. The van der Waals surface area contributed by atoms with Crippen LogP contribution in [0.25, 0.3) is 0 Å². The van der Waals surface area contributed by atoms with Crippen LogP contribution in [0.1, 0.15) is 20.7 Å². The molecule has 2 rings (SSSR count). The van der Waals surface area contributed by atoms with E-state index in [4.69, 9.17) is 17.2 Å². The fourth-order valence-electron chi connectivity index (χ4n) is 2.28. The minimum absolute atomic E-state index is 0.185. The Hall–Kier alpha value is -3.42. The lowest BCUT2D eigenvalue weighted by Gasteiger charge is -2.13. The Morgan fingerprint density at radius 1 is 0.880 bits per heavy atom. The van der Waals surface area contributed by atoms with Gasteiger partial charge >= 0.3 is 0 Å². The Morgan fingerprint density at radius 2 is 1.36 bits per heavy atom. The fraction of sp³-hybridized carbons (Fsp3) is 0.176. The van der Waals surface area contributed by atoms with Crippen molar-refractivity contribution in [2.45, 2.75) is 0 Å². The lowest BCUT2D eigenvalue weighted by molar-refractivity contribution is 0.0961. The molecule has 132 valence electrons. The van der Waals surface area contributed by atoms with Crippen LogP contribution in [0.15, 0.2) is 36.4 Å². The molecule has 0 atom stereocenters. The van der Waals surface area contributed by atoms with E-state index in [1.165, 1.54) is 6.07 Å². The number of carbonyl (C=O) groups is 2. The van der Waals surface area contributed by atoms with Crippen LogP contribution in [-0.4, -0.2) is 32.0 Å². The van der Waals surface area contributed by atoms with Crippen LogP contribution in [0.2, 0.25) is 0 Å². The molecule has 0 aromatic heterocycles. The van der Waals surface area contributed by atoms with Gasteiger partial charge in [0.05, 0.1) is 22.7 Å². The van der Waals surface area contributed by atoms with Gasteiger partial charge in [-0.3, -0.25) is 9.59 Å². The van der Waals surface area contributed by atoms with Gasteiger partial charge in [0.1, 0.15) is 0 Å². The van der Waals surface area contributed by atoms with Gasteiger partial charge in [-0.2, -0.15) is 0 Å². The second-order valence-electron chi connectivity index (χ2n) is 5.40. The van der Waals surface area contributed by atoms with Crippen molar-refractivity contribution in [2.24, 2.45) is 5.73 Å². The third-order valence-corrected chi connectivity index (χ3v) is 3.63. The zero-order valence-electron chi connectivity index (χ0n) is 13.9. The van der Waals surface area contributed by atoms with Gasteiger partial charge in [0.15, 0.2) is 0 Å². The Morgan fingerprint density at radius 3 is 1.80 bits per heavy atom. The molecule has 0 unspecified atom stereocenters. The number of nitrogen functional groups attached to an aromatic ring is 2. The van der Waals surface area contributed by atoms with Crippen LogP contribution >= 0.6 is 0 Å². The van der Waals surface area contributed by atoms with Gasteiger partial charge < -0.3 is 33.2 Å². The molecular weight excluding hydrogens is 320 g/mol. The highest BCUT2D eigenvalue weighted by Crippen LogP contribution is 2.21. The SMILES string of the molecule is CNC(=O)c1ccc(NCCNc2ccc(C(N)=O)cc2N)c(N)c1. The normalized spacial score (nSPS) is 10.1. The van der Waals surface area contributed by atoms with Crippen LogP contribution in [-0.2, 0) is 0 Å². The Labute approximate surface area is 145 Å². The molecule has 8 nitrogen and oxygen atoms in total. The minimum Gasteiger partial charge on any atom is -0.397 e. The van der Waals surface area contributed by atoms with Crippen LogP contribution in [0.5, 0.6) is 0 Å². The van der Waals surface area contributed by atoms with Gasteiger partial charge in [0.2, 0.25) is 5.91 Å². The molecule has 0 saturated heterocycles. The Bertz CT molecular complexity index is 791. The predicted molar refractivity (Wildman–Crippen MR) is 101 cm³/mol. The molecule has 0 aliphatic carbocycles. The number of amides is 2. The molecule has 2 aromatic rings. The summed E-state index contributed by atoms with van der Waals surface area (Å²) in [5, 5.41) is 8.89. The highest BCUT2D eigenvalue weighted by Gasteiger charge is 2.07. The van der Waals surface area contributed by atoms with Gasteiger partial charge in [0, 0.05) is 31.3 Å². The summed E-state index contributed by atoms with van der Waals surface area (Å²) in [6.45, 7) is 1.16. The first-order chi connectivity index (χ1) is 11.9. The topological polar surface area (TPSA) is 148 Å². The summed E-state index contributed by atoms with van der Waals surface area (Å²) in [6.07, 6.45) is 0. The highest BCUT2D eigenvalue weighted by molar-refractivity contribution is 5.96. The van der Waals surface area contributed by atoms with E-state index in [1.54, 1.807) is 37.4 Å². The first-order valence-electron chi connectivity index (χ1n) is 7.71. The third-order valence-electron chi connectivity index (χ3n) is 3.63. The summed E-state index contributed by atoms with van der Waals surface area (Å²) in [6, 6.07) is 9.94. The van der Waals surface area contributed by atoms with Crippen molar-refractivity contribution in [3.05, 3.63) is 47.5 Å². The Balaban J connectivity index is 1.89. The van der Waals surface area contributed by atoms with E-state index in [1.807, 2.05) is 0 Å². The van der Waals surface area contributed by atoms with E-state index in [-0.39, 0.29) is 5.91 Å². The van der Waals surface area contributed by atoms with Gasteiger partial charge in [-0.15, -0.1) is 0 Å². The van der Waals surface area contributed by atoms with E-state index >= 15 is 0 Å². The largest absolute Gasteiger partial charge is 0.397 e. The van der Waals surface area contributed by atoms with E-state index in [0.29, 0.717) is 35.6 Å². The number of hydrogen-bond acceptors (Lipinski definition) is 6. The summed E-state index contributed by atoms with van der Waals surface area (Å²) in [4.78, 5) is 22.7. The molecule has 0 heterocycles. The molecule has 2 amide bonds. The van der Waals surface area contributed by atoms with Crippen LogP contribution in [0.3, 0.4) is 0 Å². The second kappa shape index (κ2) is 7.91. The van der Waals surface area contributed by atoms with Crippen LogP contribution in [0, 0.1) is 0 Å². The lowest BCUT2D eigenvalue weighted by Crippen LogP contribution is -2.19. The summed E-state index contributed by atoms with van der Waals surface area (Å²) in [7, 11) is 1.57. The van der Waals surface area contributed by atoms with Crippen molar-refractivity contribution in [3.63, 3.8) is 0 Å². The van der Waals surface area contributed by atoms with E-state index in [0.717, 1.165) is 11.4 Å². The minimum atomic E-state index is -0.518. The monoisotopic (exact) mass is 342 g/mol. The maximum Gasteiger partial charge on any atom is 0.251 e. The number of nitrogens with one attached hydrogen (secondary N) is 3. The molecule has 9 N–H and O–H groups in total. The molecular formula is C17H22N6O2.